The molecule has 63 heavy (non-hydrogen) atoms. The lowest BCUT2D eigenvalue weighted by Gasteiger charge is -2.18. The fourth-order valence-electron chi connectivity index (χ4n) is 7.19. The van der Waals surface area contributed by atoms with Crippen LogP contribution < -0.4 is 0 Å². The maximum Gasteiger partial charge on any atom is 0.306 e. The Bertz CT molecular complexity index is 1190. The van der Waals surface area contributed by atoms with Crippen LogP contribution in [0.2, 0.25) is 0 Å². The van der Waals surface area contributed by atoms with E-state index in [9.17, 15) is 14.4 Å². The van der Waals surface area contributed by atoms with E-state index in [1.165, 1.54) is 83.5 Å². The summed E-state index contributed by atoms with van der Waals surface area (Å²) in [5.41, 5.74) is 0. The molecule has 0 aromatic rings. The van der Waals surface area contributed by atoms with Crippen LogP contribution in [0.15, 0.2) is 72.9 Å². The summed E-state index contributed by atoms with van der Waals surface area (Å²) < 4.78 is 16.8. The van der Waals surface area contributed by atoms with Crippen molar-refractivity contribution in [2.75, 3.05) is 13.2 Å². The zero-order valence-corrected chi connectivity index (χ0v) is 41.3. The molecule has 0 spiro atoms. The molecule has 0 saturated heterocycles. The van der Waals surface area contributed by atoms with Gasteiger partial charge in [0.05, 0.1) is 0 Å². The molecule has 0 amide bonds. The minimum Gasteiger partial charge on any atom is -0.462 e. The van der Waals surface area contributed by atoms with Crippen molar-refractivity contribution in [2.45, 2.75) is 258 Å². The maximum absolute atomic E-state index is 12.8. The Kier molecular flexibility index (Phi) is 48.9. The van der Waals surface area contributed by atoms with Crippen LogP contribution in [-0.2, 0) is 28.6 Å². The first-order valence-corrected chi connectivity index (χ1v) is 26.4. The molecule has 0 N–H and O–H groups in total. The molecule has 0 aliphatic rings. The minimum absolute atomic E-state index is 0.0893. The van der Waals surface area contributed by atoms with Crippen LogP contribution in [0.1, 0.15) is 252 Å². The maximum atomic E-state index is 12.8. The summed E-state index contributed by atoms with van der Waals surface area (Å²) >= 11 is 0. The molecule has 362 valence electrons. The highest BCUT2D eigenvalue weighted by Crippen LogP contribution is 2.14. The number of ether oxygens (including phenoxy) is 3. The number of carbonyl (C=O) groups is 3. The number of rotatable bonds is 47. The summed E-state index contributed by atoms with van der Waals surface area (Å²) in [6.07, 6.45) is 64.5. The summed E-state index contributed by atoms with van der Waals surface area (Å²) in [4.78, 5) is 38.0. The van der Waals surface area contributed by atoms with Crippen molar-refractivity contribution in [3.8, 4) is 0 Å². The lowest BCUT2D eigenvalue weighted by Crippen LogP contribution is -2.30. The third kappa shape index (κ3) is 49.7. The Balaban J connectivity index is 4.42. The fraction of sp³-hybridized carbons (Fsp3) is 0.737. The van der Waals surface area contributed by atoms with Crippen LogP contribution in [0.25, 0.3) is 0 Å². The lowest BCUT2D eigenvalue weighted by atomic mass is 10.1. The van der Waals surface area contributed by atoms with E-state index in [1.54, 1.807) is 0 Å². The molecule has 0 radical (unpaired) electrons. The standard InChI is InChI=1S/C57H98O6/c1-4-7-10-13-16-19-22-25-27-28-30-32-35-38-41-44-47-50-56(59)62-53-54(52-61-55(58)49-46-43-40-37-34-31-24-21-18-15-12-9-6-3)63-57(60)51-48-45-42-39-36-33-29-26-23-20-17-14-11-8-5-2/h8,11-12,15,17,20-21,24-27,29,54H,4-7,9-10,13-14,16,18-19,22-23,28,30-53H2,1-3H3/b11-8-,15-12-,20-17-,24-21-,27-25-,29-26-. The van der Waals surface area contributed by atoms with Crippen LogP contribution in [0, 0.1) is 0 Å². The highest BCUT2D eigenvalue weighted by molar-refractivity contribution is 5.71. The Morgan fingerprint density at radius 1 is 0.333 bits per heavy atom. The highest BCUT2D eigenvalue weighted by Gasteiger charge is 2.19. The Morgan fingerprint density at radius 3 is 1.05 bits per heavy atom. The molecule has 0 aromatic heterocycles. The molecular weight excluding hydrogens is 781 g/mol. The normalized spacial score (nSPS) is 12.6. The van der Waals surface area contributed by atoms with Gasteiger partial charge in [0.25, 0.3) is 0 Å². The second-order valence-corrected chi connectivity index (χ2v) is 17.4. The molecule has 0 saturated carbocycles. The van der Waals surface area contributed by atoms with Crippen molar-refractivity contribution in [1.29, 1.82) is 0 Å². The van der Waals surface area contributed by atoms with E-state index in [-0.39, 0.29) is 31.1 Å². The predicted octanol–water partition coefficient (Wildman–Crippen LogP) is 17.4. The van der Waals surface area contributed by atoms with Crippen molar-refractivity contribution in [2.24, 2.45) is 0 Å². The molecule has 0 bridgehead atoms. The molecule has 0 heterocycles. The van der Waals surface area contributed by atoms with E-state index in [4.69, 9.17) is 14.2 Å². The second-order valence-electron chi connectivity index (χ2n) is 17.4. The molecule has 6 nitrogen and oxygen atoms in total. The molecular formula is C57H98O6. The van der Waals surface area contributed by atoms with Gasteiger partial charge in [-0.3, -0.25) is 14.4 Å². The van der Waals surface area contributed by atoms with Gasteiger partial charge in [-0.05, 0) is 103 Å². The van der Waals surface area contributed by atoms with Crippen molar-refractivity contribution in [3.63, 3.8) is 0 Å². The smallest absolute Gasteiger partial charge is 0.306 e. The van der Waals surface area contributed by atoms with Gasteiger partial charge in [-0.25, -0.2) is 0 Å². The predicted molar refractivity (Wildman–Crippen MR) is 270 cm³/mol. The van der Waals surface area contributed by atoms with Gasteiger partial charge in [0.2, 0.25) is 0 Å². The first kappa shape index (κ1) is 59.9. The number of hydrogen-bond acceptors (Lipinski definition) is 6. The van der Waals surface area contributed by atoms with Gasteiger partial charge in [-0.15, -0.1) is 0 Å². The largest absolute Gasteiger partial charge is 0.462 e. The molecule has 0 rings (SSSR count). The number of hydrogen-bond donors (Lipinski definition) is 0. The molecule has 0 aliphatic carbocycles. The summed E-state index contributed by atoms with van der Waals surface area (Å²) in [6, 6.07) is 0. The van der Waals surface area contributed by atoms with Crippen LogP contribution in [-0.4, -0.2) is 37.2 Å². The lowest BCUT2D eigenvalue weighted by molar-refractivity contribution is -0.167. The Labute approximate surface area is 389 Å². The average molecular weight is 879 g/mol. The number of carbonyl (C=O) groups excluding carboxylic acids is 3. The van der Waals surface area contributed by atoms with E-state index in [1.807, 2.05) is 0 Å². The molecule has 0 aromatic carbocycles. The third-order valence-corrected chi connectivity index (χ3v) is 11.1. The van der Waals surface area contributed by atoms with E-state index < -0.39 is 6.10 Å². The van der Waals surface area contributed by atoms with Gasteiger partial charge in [-0.2, -0.15) is 0 Å². The Hall–Kier alpha value is -3.15. The van der Waals surface area contributed by atoms with Gasteiger partial charge in [0, 0.05) is 19.3 Å². The third-order valence-electron chi connectivity index (χ3n) is 11.1. The quantitative estimate of drug-likeness (QED) is 0.0262. The van der Waals surface area contributed by atoms with Crippen LogP contribution in [0.5, 0.6) is 0 Å². The Morgan fingerprint density at radius 2 is 0.651 bits per heavy atom. The summed E-state index contributed by atoms with van der Waals surface area (Å²) in [5, 5.41) is 0. The fourth-order valence-corrected chi connectivity index (χ4v) is 7.19. The van der Waals surface area contributed by atoms with Crippen molar-refractivity contribution < 1.29 is 28.6 Å². The van der Waals surface area contributed by atoms with E-state index in [0.717, 1.165) is 128 Å². The molecule has 1 unspecified atom stereocenters. The van der Waals surface area contributed by atoms with E-state index in [2.05, 4.69) is 93.7 Å². The summed E-state index contributed by atoms with van der Waals surface area (Å²) in [6.45, 7) is 6.43. The van der Waals surface area contributed by atoms with Crippen molar-refractivity contribution in [1.82, 2.24) is 0 Å². The van der Waals surface area contributed by atoms with Crippen molar-refractivity contribution >= 4 is 17.9 Å². The molecule has 0 fully saturated rings. The van der Waals surface area contributed by atoms with Crippen LogP contribution in [0.3, 0.4) is 0 Å². The molecule has 6 heteroatoms. The highest BCUT2D eigenvalue weighted by atomic mass is 16.6. The number of unbranched alkanes of at least 4 members (excludes halogenated alkanes) is 24. The van der Waals surface area contributed by atoms with Gasteiger partial charge >= 0.3 is 17.9 Å². The van der Waals surface area contributed by atoms with E-state index >= 15 is 0 Å². The molecule has 1 atom stereocenters. The second kappa shape index (κ2) is 51.5. The van der Waals surface area contributed by atoms with Crippen molar-refractivity contribution in [3.05, 3.63) is 72.9 Å². The first-order valence-electron chi connectivity index (χ1n) is 26.4. The van der Waals surface area contributed by atoms with Crippen LogP contribution in [0.4, 0.5) is 0 Å². The summed E-state index contributed by atoms with van der Waals surface area (Å²) in [5.74, 6) is -0.923. The van der Waals surface area contributed by atoms with Gasteiger partial charge in [0.15, 0.2) is 6.10 Å². The average Bonchev–Trinajstić information content (AvgIpc) is 3.28. The van der Waals surface area contributed by atoms with Crippen LogP contribution >= 0.6 is 0 Å². The number of allylic oxidation sites excluding steroid dienone is 12. The summed E-state index contributed by atoms with van der Waals surface area (Å²) in [7, 11) is 0. The van der Waals surface area contributed by atoms with E-state index in [0.29, 0.717) is 19.3 Å². The SMILES string of the molecule is CC/C=C\C/C=C\C/C=C\CCCCCCCC(=O)OC(COC(=O)CCCCCCC/C=C\C/C=C\CCC)COC(=O)CCCCCCCCC/C=C\CCCCCCCC. The first-order chi connectivity index (χ1) is 31.0. The zero-order valence-electron chi connectivity index (χ0n) is 41.3. The number of esters is 3. The van der Waals surface area contributed by atoms with Gasteiger partial charge < -0.3 is 14.2 Å². The van der Waals surface area contributed by atoms with Gasteiger partial charge in [-0.1, -0.05) is 203 Å². The monoisotopic (exact) mass is 879 g/mol. The van der Waals surface area contributed by atoms with Gasteiger partial charge in [0.1, 0.15) is 13.2 Å². The molecule has 0 aliphatic heterocycles. The topological polar surface area (TPSA) is 78.9 Å². The zero-order chi connectivity index (χ0) is 45.8. The minimum atomic E-state index is -0.791.